The summed E-state index contributed by atoms with van der Waals surface area (Å²) in [6.07, 6.45) is 1.38. The lowest BCUT2D eigenvalue weighted by Crippen LogP contribution is -2.36. The van der Waals surface area contributed by atoms with E-state index in [4.69, 9.17) is 10.8 Å². The van der Waals surface area contributed by atoms with Crippen molar-refractivity contribution in [3.63, 3.8) is 0 Å². The van der Waals surface area contributed by atoms with Gasteiger partial charge < -0.3 is 21.5 Å². The Morgan fingerprint density at radius 1 is 1.06 bits per heavy atom. The smallest absolute Gasteiger partial charge is 0.374 e. The van der Waals surface area contributed by atoms with Crippen LogP contribution in [0.5, 0.6) is 0 Å². The zero-order chi connectivity index (χ0) is 22.1. The fourth-order valence-corrected chi connectivity index (χ4v) is 2.95. The lowest BCUT2D eigenvalue weighted by Gasteiger charge is -2.11. The number of rotatable bonds is 7. The number of fused-ring (bicyclic) bond motifs is 1. The van der Waals surface area contributed by atoms with Gasteiger partial charge in [-0.1, -0.05) is 24.3 Å². The zero-order valence-corrected chi connectivity index (χ0v) is 15.8. The van der Waals surface area contributed by atoms with Crippen molar-refractivity contribution in [1.82, 2.24) is 24.9 Å². The largest absolute Gasteiger partial charge is 0.475 e. The molecule has 0 spiro atoms. The fraction of sp³-hybridized carbons (Fsp3) is 0.105. The molecule has 12 heteroatoms. The Balaban J connectivity index is 1.46. The molecule has 2 aromatic carbocycles. The molecule has 0 aliphatic carbocycles. The van der Waals surface area contributed by atoms with Crippen LogP contribution in [0, 0.1) is 0 Å². The number of benzene rings is 1. The summed E-state index contributed by atoms with van der Waals surface area (Å²) in [7, 11) is 0. The molecule has 0 saturated carbocycles. The van der Waals surface area contributed by atoms with Gasteiger partial charge in [0.25, 0.3) is 16.8 Å². The SMILES string of the molecule is Nc1c(NCc2cccc(CNC(=O)c3nc(C(=O)O)nc4ccnn34)c2)c(=O)c1=O. The second-order valence-electron chi connectivity index (χ2n) is 6.58. The van der Waals surface area contributed by atoms with E-state index < -0.39 is 28.6 Å². The van der Waals surface area contributed by atoms with Crippen molar-refractivity contribution < 1.29 is 14.7 Å². The van der Waals surface area contributed by atoms with E-state index in [0.717, 1.165) is 15.6 Å². The van der Waals surface area contributed by atoms with Crippen molar-refractivity contribution in [3.8, 4) is 0 Å². The molecule has 4 rings (SSSR count). The second kappa shape index (κ2) is 7.67. The predicted octanol–water partition coefficient (Wildman–Crippen LogP) is -0.457. The molecule has 156 valence electrons. The average molecular weight is 421 g/mol. The van der Waals surface area contributed by atoms with E-state index in [2.05, 4.69) is 25.7 Å². The molecule has 0 saturated heterocycles. The standard InChI is InChI=1S/C19H15N7O5/c20-12-13(15(28)14(12)27)21-7-9-2-1-3-10(6-9)8-22-18(29)17-25-16(19(30)31)24-11-4-5-23-26(11)17/h1-6,21H,7-8,20H2,(H,22,29)(H,30,31). The number of carbonyl (C=O) groups is 2. The predicted molar refractivity (Wildman–Crippen MR) is 108 cm³/mol. The molecule has 4 aromatic rings. The van der Waals surface area contributed by atoms with Gasteiger partial charge in [0.05, 0.1) is 6.20 Å². The van der Waals surface area contributed by atoms with E-state index >= 15 is 0 Å². The molecular weight excluding hydrogens is 406 g/mol. The number of nitrogens with two attached hydrogens (primary N) is 1. The summed E-state index contributed by atoms with van der Waals surface area (Å²) in [6.45, 7) is 0.392. The number of hydrogen-bond acceptors (Lipinski definition) is 9. The number of carboxylic acid groups (broad SMARTS) is 1. The number of aromatic carboxylic acids is 1. The number of amides is 1. The van der Waals surface area contributed by atoms with Crippen LogP contribution in [0.1, 0.15) is 32.4 Å². The van der Waals surface area contributed by atoms with E-state index in [0.29, 0.717) is 0 Å². The van der Waals surface area contributed by atoms with Crippen molar-refractivity contribution in [1.29, 1.82) is 0 Å². The second-order valence-corrected chi connectivity index (χ2v) is 6.58. The van der Waals surface area contributed by atoms with Crippen LogP contribution in [-0.4, -0.2) is 36.6 Å². The highest BCUT2D eigenvalue weighted by Crippen LogP contribution is 2.13. The molecule has 12 nitrogen and oxygen atoms in total. The fourth-order valence-electron chi connectivity index (χ4n) is 2.95. The maximum Gasteiger partial charge on any atom is 0.374 e. The first-order valence-electron chi connectivity index (χ1n) is 8.99. The Bertz CT molecular complexity index is 1400. The average Bonchev–Trinajstić information content (AvgIpc) is 3.25. The summed E-state index contributed by atoms with van der Waals surface area (Å²) >= 11 is 0. The third kappa shape index (κ3) is 3.69. The molecule has 0 radical (unpaired) electrons. The number of carboxylic acids is 1. The first-order chi connectivity index (χ1) is 14.8. The first kappa shape index (κ1) is 19.7. The highest BCUT2D eigenvalue weighted by Gasteiger charge is 2.19. The molecule has 0 fully saturated rings. The Morgan fingerprint density at radius 2 is 1.81 bits per heavy atom. The van der Waals surface area contributed by atoms with Gasteiger partial charge in [-0.3, -0.25) is 14.4 Å². The van der Waals surface area contributed by atoms with Crippen LogP contribution >= 0.6 is 0 Å². The van der Waals surface area contributed by atoms with Gasteiger partial charge in [0.15, 0.2) is 5.65 Å². The molecule has 2 heterocycles. The minimum Gasteiger partial charge on any atom is -0.475 e. The minimum absolute atomic E-state index is 0.0797. The lowest BCUT2D eigenvalue weighted by atomic mass is 10.1. The summed E-state index contributed by atoms with van der Waals surface area (Å²) in [5.41, 5.74) is 5.90. The number of nitrogen functional groups attached to an aromatic ring is 1. The van der Waals surface area contributed by atoms with E-state index in [9.17, 15) is 19.2 Å². The van der Waals surface area contributed by atoms with Crippen molar-refractivity contribution in [3.05, 3.63) is 79.8 Å². The summed E-state index contributed by atoms with van der Waals surface area (Å²) in [6, 6.07) is 8.60. The Kier molecular flexibility index (Phi) is 4.87. The summed E-state index contributed by atoms with van der Waals surface area (Å²) in [4.78, 5) is 54.0. The number of nitrogens with zero attached hydrogens (tertiary/aromatic N) is 4. The summed E-state index contributed by atoms with van der Waals surface area (Å²) in [5, 5.41) is 18.6. The van der Waals surface area contributed by atoms with Crippen LogP contribution in [0.3, 0.4) is 0 Å². The van der Waals surface area contributed by atoms with Crippen LogP contribution in [0.15, 0.2) is 46.1 Å². The Labute approximate surface area is 173 Å². The Hall–Kier alpha value is -4.61. The topological polar surface area (TPSA) is 182 Å². The number of aromatic nitrogens is 4. The number of hydrogen-bond donors (Lipinski definition) is 4. The van der Waals surface area contributed by atoms with Gasteiger partial charge in [-0.05, 0) is 11.1 Å². The van der Waals surface area contributed by atoms with E-state index in [1.54, 1.807) is 24.3 Å². The summed E-state index contributed by atoms with van der Waals surface area (Å²) in [5.74, 6) is -2.70. The molecule has 1 amide bonds. The van der Waals surface area contributed by atoms with Crippen LogP contribution in [0.2, 0.25) is 0 Å². The van der Waals surface area contributed by atoms with Crippen molar-refractivity contribution >= 4 is 28.9 Å². The molecule has 0 atom stereocenters. The summed E-state index contributed by atoms with van der Waals surface area (Å²) < 4.78 is 1.15. The number of anilines is 2. The maximum absolute atomic E-state index is 12.6. The van der Waals surface area contributed by atoms with E-state index in [-0.39, 0.29) is 35.9 Å². The first-order valence-corrected chi connectivity index (χ1v) is 8.99. The maximum atomic E-state index is 12.6. The molecule has 0 aliphatic heterocycles. The van der Waals surface area contributed by atoms with Crippen LogP contribution in [-0.2, 0) is 13.1 Å². The Morgan fingerprint density at radius 3 is 2.52 bits per heavy atom. The minimum atomic E-state index is -1.36. The van der Waals surface area contributed by atoms with Gasteiger partial charge in [-0.15, -0.1) is 0 Å². The monoisotopic (exact) mass is 421 g/mol. The third-order valence-electron chi connectivity index (χ3n) is 4.51. The number of nitrogens with one attached hydrogen (secondary N) is 2. The molecule has 0 bridgehead atoms. The van der Waals surface area contributed by atoms with Gasteiger partial charge in [0, 0.05) is 19.2 Å². The van der Waals surface area contributed by atoms with Gasteiger partial charge in [-0.25, -0.2) is 9.78 Å². The van der Waals surface area contributed by atoms with Crippen molar-refractivity contribution in [2.45, 2.75) is 13.1 Å². The molecular formula is C19H15N7O5. The van der Waals surface area contributed by atoms with Gasteiger partial charge in [0.1, 0.15) is 11.4 Å². The van der Waals surface area contributed by atoms with Crippen LogP contribution in [0.25, 0.3) is 5.65 Å². The normalized spacial score (nSPS) is 11.0. The number of carbonyl (C=O) groups excluding carboxylic acids is 1. The van der Waals surface area contributed by atoms with Crippen molar-refractivity contribution in [2.24, 2.45) is 0 Å². The third-order valence-corrected chi connectivity index (χ3v) is 4.51. The molecule has 0 unspecified atom stereocenters. The molecule has 2 aromatic heterocycles. The molecule has 0 aliphatic rings. The highest BCUT2D eigenvalue weighted by molar-refractivity contribution is 5.92. The van der Waals surface area contributed by atoms with E-state index in [1.807, 2.05) is 0 Å². The quantitative estimate of drug-likeness (QED) is 0.285. The van der Waals surface area contributed by atoms with Crippen LogP contribution < -0.4 is 27.2 Å². The van der Waals surface area contributed by atoms with Gasteiger partial charge >= 0.3 is 5.97 Å². The molecule has 5 N–H and O–H groups in total. The lowest BCUT2D eigenvalue weighted by molar-refractivity contribution is 0.0683. The molecule has 31 heavy (non-hydrogen) atoms. The van der Waals surface area contributed by atoms with E-state index in [1.165, 1.54) is 12.3 Å². The highest BCUT2D eigenvalue weighted by atomic mass is 16.4. The van der Waals surface area contributed by atoms with Gasteiger partial charge in [0.2, 0.25) is 11.6 Å². The van der Waals surface area contributed by atoms with Gasteiger partial charge in [-0.2, -0.15) is 14.6 Å². The van der Waals surface area contributed by atoms with Crippen LogP contribution in [0.4, 0.5) is 11.4 Å². The van der Waals surface area contributed by atoms with Crippen molar-refractivity contribution in [2.75, 3.05) is 11.1 Å². The zero-order valence-electron chi connectivity index (χ0n) is 15.8.